The highest BCUT2D eigenvalue weighted by Gasteiger charge is 1.86. The first-order valence-electron chi connectivity index (χ1n) is 8.19. The Morgan fingerprint density at radius 1 is 0.696 bits per heavy atom. The van der Waals surface area contributed by atoms with E-state index < -0.39 is 0 Å². The highest BCUT2D eigenvalue weighted by Crippen LogP contribution is 1.93. The third-order valence-electron chi connectivity index (χ3n) is 2.66. The second-order valence-corrected chi connectivity index (χ2v) is 5.02. The van der Waals surface area contributed by atoms with Crippen LogP contribution in [0.15, 0.2) is 37.4 Å². The SMILES string of the molecule is Br.Br.CCC.CCCCn1ccnc1.CCCCn1ccnc1. The third-order valence-corrected chi connectivity index (χ3v) is 2.66. The van der Waals surface area contributed by atoms with Crippen molar-refractivity contribution in [3.8, 4) is 0 Å². The molecule has 0 aliphatic heterocycles. The van der Waals surface area contributed by atoms with Crippen molar-refractivity contribution < 1.29 is 0 Å². The van der Waals surface area contributed by atoms with Crippen LogP contribution in [0.3, 0.4) is 0 Å². The van der Waals surface area contributed by atoms with Gasteiger partial charge in [-0.2, -0.15) is 0 Å². The maximum Gasteiger partial charge on any atom is 0.0945 e. The average molecular weight is 454 g/mol. The van der Waals surface area contributed by atoms with Crippen molar-refractivity contribution in [2.24, 2.45) is 0 Å². The molecule has 0 spiro atoms. The molecular weight excluding hydrogens is 420 g/mol. The van der Waals surface area contributed by atoms with Crippen molar-refractivity contribution in [1.29, 1.82) is 0 Å². The number of nitrogens with zero attached hydrogens (tertiary/aromatic N) is 4. The van der Waals surface area contributed by atoms with E-state index in [1.807, 2.05) is 37.4 Å². The number of halogens is 2. The van der Waals surface area contributed by atoms with Crippen molar-refractivity contribution in [1.82, 2.24) is 19.1 Å². The highest BCUT2D eigenvalue weighted by atomic mass is 79.9. The highest BCUT2D eigenvalue weighted by molar-refractivity contribution is 8.93. The number of hydrogen-bond donors (Lipinski definition) is 0. The number of unbranched alkanes of at least 4 members (excludes halogenated alkanes) is 2. The first-order chi connectivity index (χ1) is 10.3. The summed E-state index contributed by atoms with van der Waals surface area (Å²) in [5.41, 5.74) is 0. The molecule has 0 saturated carbocycles. The Morgan fingerprint density at radius 2 is 1.04 bits per heavy atom. The maximum absolute atomic E-state index is 3.94. The Morgan fingerprint density at radius 3 is 1.26 bits per heavy atom. The predicted molar refractivity (Wildman–Crippen MR) is 111 cm³/mol. The van der Waals surface area contributed by atoms with Gasteiger partial charge in [0, 0.05) is 37.9 Å². The second-order valence-electron chi connectivity index (χ2n) is 5.02. The van der Waals surface area contributed by atoms with Crippen LogP contribution in [0.5, 0.6) is 0 Å². The molecule has 0 unspecified atom stereocenters. The molecule has 0 aliphatic rings. The van der Waals surface area contributed by atoms with Crippen molar-refractivity contribution in [2.75, 3.05) is 0 Å². The Kier molecular flexibility index (Phi) is 25.3. The standard InChI is InChI=1S/2C7H12N2.C3H8.2BrH/c2*1-2-3-5-9-6-4-8-7-9;1-3-2;;/h2*4,6-7H,2-3,5H2,1H3;3H2,1-2H3;2*1H. The van der Waals surface area contributed by atoms with Gasteiger partial charge in [-0.15, -0.1) is 34.0 Å². The summed E-state index contributed by atoms with van der Waals surface area (Å²) in [6.07, 6.45) is 17.6. The van der Waals surface area contributed by atoms with Gasteiger partial charge < -0.3 is 9.13 Å². The van der Waals surface area contributed by atoms with Crippen LogP contribution in [0, 0.1) is 0 Å². The normalized spacial score (nSPS) is 8.52. The minimum absolute atomic E-state index is 0. The molecule has 0 fully saturated rings. The molecule has 2 aromatic rings. The average Bonchev–Trinajstić information content (AvgIpc) is 3.18. The van der Waals surface area contributed by atoms with Crippen LogP contribution in [-0.4, -0.2) is 19.1 Å². The van der Waals surface area contributed by atoms with Crippen molar-refractivity contribution in [2.45, 2.75) is 72.9 Å². The summed E-state index contributed by atoms with van der Waals surface area (Å²) in [6.45, 7) is 10.8. The summed E-state index contributed by atoms with van der Waals surface area (Å²) in [6, 6.07) is 0. The van der Waals surface area contributed by atoms with Gasteiger partial charge in [0.05, 0.1) is 12.7 Å². The Labute approximate surface area is 163 Å². The van der Waals surface area contributed by atoms with Crippen LogP contribution in [0.1, 0.15) is 59.8 Å². The van der Waals surface area contributed by atoms with E-state index >= 15 is 0 Å². The molecule has 0 saturated heterocycles. The number of imidazole rings is 2. The molecule has 23 heavy (non-hydrogen) atoms. The summed E-state index contributed by atoms with van der Waals surface area (Å²) in [4.78, 5) is 7.88. The van der Waals surface area contributed by atoms with Crippen LogP contribution in [0.25, 0.3) is 0 Å². The molecule has 0 N–H and O–H groups in total. The fraction of sp³-hybridized carbons (Fsp3) is 0.647. The lowest BCUT2D eigenvalue weighted by molar-refractivity contribution is 0.631. The second kappa shape index (κ2) is 21.4. The fourth-order valence-corrected chi connectivity index (χ4v) is 1.52. The largest absolute Gasteiger partial charge is 0.337 e. The lowest BCUT2D eigenvalue weighted by atomic mass is 10.3. The summed E-state index contributed by atoms with van der Waals surface area (Å²) in [5.74, 6) is 0. The van der Waals surface area contributed by atoms with Crippen LogP contribution in [0.4, 0.5) is 0 Å². The molecule has 6 heteroatoms. The molecule has 4 nitrogen and oxygen atoms in total. The van der Waals surface area contributed by atoms with Gasteiger partial charge in [-0.3, -0.25) is 0 Å². The molecule has 2 aromatic heterocycles. The Balaban J connectivity index is -0.000000277. The van der Waals surface area contributed by atoms with Crippen molar-refractivity contribution >= 4 is 34.0 Å². The van der Waals surface area contributed by atoms with Crippen molar-refractivity contribution in [3.63, 3.8) is 0 Å². The predicted octanol–water partition coefficient (Wildman–Crippen LogP) is 5.94. The summed E-state index contributed by atoms with van der Waals surface area (Å²) >= 11 is 0. The van der Waals surface area contributed by atoms with E-state index in [-0.39, 0.29) is 34.0 Å². The van der Waals surface area contributed by atoms with E-state index in [4.69, 9.17) is 0 Å². The zero-order valence-corrected chi connectivity index (χ0v) is 18.4. The zero-order valence-electron chi connectivity index (χ0n) is 15.0. The maximum atomic E-state index is 3.94. The van der Waals surface area contributed by atoms with E-state index in [0.29, 0.717) is 0 Å². The quantitative estimate of drug-likeness (QED) is 0.542. The van der Waals surface area contributed by atoms with Crippen LogP contribution >= 0.6 is 34.0 Å². The van der Waals surface area contributed by atoms with Gasteiger partial charge in [0.15, 0.2) is 0 Å². The zero-order chi connectivity index (χ0) is 15.8. The van der Waals surface area contributed by atoms with E-state index in [1.165, 1.54) is 32.1 Å². The van der Waals surface area contributed by atoms with E-state index in [2.05, 4.69) is 46.8 Å². The molecule has 0 aromatic carbocycles. The van der Waals surface area contributed by atoms with E-state index in [9.17, 15) is 0 Å². The van der Waals surface area contributed by atoms with Gasteiger partial charge in [-0.1, -0.05) is 47.0 Å². The van der Waals surface area contributed by atoms with Crippen LogP contribution in [-0.2, 0) is 13.1 Å². The first-order valence-corrected chi connectivity index (χ1v) is 8.19. The topological polar surface area (TPSA) is 35.6 Å². The number of hydrogen-bond acceptors (Lipinski definition) is 2. The molecule has 0 aliphatic carbocycles. The number of aryl methyl sites for hydroxylation is 2. The van der Waals surface area contributed by atoms with Gasteiger partial charge in [0.2, 0.25) is 0 Å². The lowest BCUT2D eigenvalue weighted by Gasteiger charge is -1.96. The Bertz CT molecular complexity index is 350. The van der Waals surface area contributed by atoms with E-state index in [1.54, 1.807) is 0 Å². The van der Waals surface area contributed by atoms with Gasteiger partial charge in [-0.05, 0) is 12.8 Å². The monoisotopic (exact) mass is 452 g/mol. The van der Waals surface area contributed by atoms with Gasteiger partial charge in [-0.25, -0.2) is 9.97 Å². The molecule has 2 rings (SSSR count). The third kappa shape index (κ3) is 17.6. The minimum Gasteiger partial charge on any atom is -0.337 e. The van der Waals surface area contributed by atoms with Crippen LogP contribution < -0.4 is 0 Å². The van der Waals surface area contributed by atoms with Gasteiger partial charge >= 0.3 is 0 Å². The smallest absolute Gasteiger partial charge is 0.0945 e. The Hall–Kier alpha value is -0.620. The molecule has 0 radical (unpaired) electrons. The van der Waals surface area contributed by atoms with Crippen LogP contribution in [0.2, 0.25) is 0 Å². The molecule has 0 atom stereocenters. The first kappa shape index (κ1) is 27.2. The molecular formula is C17H34Br2N4. The summed E-state index contributed by atoms with van der Waals surface area (Å²) in [5, 5.41) is 0. The number of aromatic nitrogens is 4. The van der Waals surface area contributed by atoms with E-state index in [0.717, 1.165) is 13.1 Å². The fourth-order valence-electron chi connectivity index (χ4n) is 1.52. The lowest BCUT2D eigenvalue weighted by Crippen LogP contribution is -1.92. The summed E-state index contributed by atoms with van der Waals surface area (Å²) in [7, 11) is 0. The van der Waals surface area contributed by atoms with Gasteiger partial charge in [0.25, 0.3) is 0 Å². The molecule has 2 heterocycles. The molecule has 0 bridgehead atoms. The number of rotatable bonds is 6. The molecule has 136 valence electrons. The summed E-state index contributed by atoms with van der Waals surface area (Å²) < 4.78 is 4.20. The minimum atomic E-state index is 0. The van der Waals surface area contributed by atoms with Crippen molar-refractivity contribution in [3.05, 3.63) is 37.4 Å². The van der Waals surface area contributed by atoms with Gasteiger partial charge in [0.1, 0.15) is 0 Å². The molecule has 0 amide bonds.